The summed E-state index contributed by atoms with van der Waals surface area (Å²) in [4.78, 5) is 0.146. The summed E-state index contributed by atoms with van der Waals surface area (Å²) in [5.41, 5.74) is 0.710. The molecule has 4 nitrogen and oxygen atoms in total. The van der Waals surface area contributed by atoms with Gasteiger partial charge in [-0.3, -0.25) is 0 Å². The number of benzene rings is 1. The van der Waals surface area contributed by atoms with E-state index in [9.17, 15) is 12.8 Å². The molecule has 0 amide bonds. The average molecular weight is 288 g/mol. The highest BCUT2D eigenvalue weighted by atomic mass is 32.2. The van der Waals surface area contributed by atoms with Crippen LogP contribution in [-0.4, -0.2) is 33.4 Å². The summed E-state index contributed by atoms with van der Waals surface area (Å²) < 4.78 is 39.8. The van der Waals surface area contributed by atoms with Crippen LogP contribution in [0.1, 0.15) is 24.5 Å². The van der Waals surface area contributed by atoms with Crippen molar-refractivity contribution in [2.75, 3.05) is 20.6 Å². The van der Waals surface area contributed by atoms with Gasteiger partial charge in [0.05, 0.1) is 4.90 Å². The minimum Gasteiger partial charge on any atom is -0.316 e. The summed E-state index contributed by atoms with van der Waals surface area (Å²) in [5.74, 6) is -0.355. The average Bonchev–Trinajstić information content (AvgIpc) is 2.35. The van der Waals surface area contributed by atoms with Gasteiger partial charge in [-0.2, -0.15) is 0 Å². The van der Waals surface area contributed by atoms with Crippen LogP contribution < -0.4 is 5.32 Å². The van der Waals surface area contributed by atoms with Crippen LogP contribution in [0.25, 0.3) is 0 Å². The van der Waals surface area contributed by atoms with Crippen molar-refractivity contribution in [1.29, 1.82) is 0 Å². The highest BCUT2D eigenvalue weighted by molar-refractivity contribution is 7.89. The zero-order chi connectivity index (χ0) is 14.6. The number of nitrogens with zero attached hydrogens (tertiary/aromatic N) is 1. The normalized spacial score (nSPS) is 12.1. The Balaban J connectivity index is 3.28. The highest BCUT2D eigenvalue weighted by Crippen LogP contribution is 2.21. The number of nitrogens with one attached hydrogen (secondary N) is 1. The summed E-state index contributed by atoms with van der Waals surface area (Å²) in [6.45, 7) is 4.23. The third kappa shape index (κ3) is 3.52. The topological polar surface area (TPSA) is 49.4 Å². The lowest BCUT2D eigenvalue weighted by Gasteiger charge is -2.17. The van der Waals surface area contributed by atoms with Crippen molar-refractivity contribution >= 4 is 10.0 Å². The van der Waals surface area contributed by atoms with Crippen LogP contribution in [0.3, 0.4) is 0 Å². The molecule has 0 aliphatic carbocycles. The van der Waals surface area contributed by atoms with Gasteiger partial charge in [0.1, 0.15) is 5.82 Å². The molecule has 6 heteroatoms. The summed E-state index contributed by atoms with van der Waals surface area (Å²) >= 11 is 0. The number of rotatable bonds is 6. The van der Waals surface area contributed by atoms with E-state index < -0.39 is 10.0 Å². The molecule has 1 N–H and O–H groups in total. The predicted octanol–water partition coefficient (Wildman–Crippen LogP) is 1.88. The summed E-state index contributed by atoms with van der Waals surface area (Å²) in [6, 6.07) is 2.79. The van der Waals surface area contributed by atoms with Crippen LogP contribution in [0.2, 0.25) is 0 Å². The van der Waals surface area contributed by atoms with Gasteiger partial charge in [-0.05, 0) is 38.1 Å². The second-order valence-corrected chi connectivity index (χ2v) is 6.62. The predicted molar refractivity (Wildman–Crippen MR) is 74.0 cm³/mol. The fourth-order valence-electron chi connectivity index (χ4n) is 1.89. The molecule has 0 heterocycles. The second-order valence-electron chi connectivity index (χ2n) is 4.57. The number of aryl methyl sites for hydroxylation is 1. The Morgan fingerprint density at radius 1 is 1.37 bits per heavy atom. The van der Waals surface area contributed by atoms with Crippen LogP contribution in [-0.2, 0) is 16.6 Å². The first-order valence-electron chi connectivity index (χ1n) is 6.24. The van der Waals surface area contributed by atoms with E-state index in [4.69, 9.17) is 0 Å². The molecular weight excluding hydrogens is 267 g/mol. The number of halogens is 1. The van der Waals surface area contributed by atoms with E-state index in [1.54, 1.807) is 14.0 Å². The molecule has 0 atom stereocenters. The molecule has 19 heavy (non-hydrogen) atoms. The van der Waals surface area contributed by atoms with Crippen LogP contribution in [0.15, 0.2) is 17.0 Å². The van der Waals surface area contributed by atoms with Crippen molar-refractivity contribution in [1.82, 2.24) is 9.62 Å². The van der Waals surface area contributed by atoms with Crippen molar-refractivity contribution in [3.8, 4) is 0 Å². The van der Waals surface area contributed by atoms with Crippen molar-refractivity contribution < 1.29 is 12.8 Å². The quantitative estimate of drug-likeness (QED) is 0.869. The first-order chi connectivity index (χ1) is 8.84. The minimum absolute atomic E-state index is 0.146. The Bertz CT molecular complexity index is 544. The lowest BCUT2D eigenvalue weighted by atomic mass is 10.1. The zero-order valence-electron chi connectivity index (χ0n) is 11.8. The Morgan fingerprint density at radius 2 is 2.00 bits per heavy atom. The van der Waals surface area contributed by atoms with Gasteiger partial charge in [0.25, 0.3) is 0 Å². The standard InChI is InChI=1S/C13H21FN2O2S/c1-5-6-16(4)19(17,18)12-7-10(2)13(14)11(8-12)9-15-3/h7-8,15H,5-6,9H2,1-4H3. The first kappa shape index (κ1) is 16.1. The molecule has 0 aliphatic rings. The molecule has 0 spiro atoms. The number of hydrogen-bond donors (Lipinski definition) is 1. The molecular formula is C13H21FN2O2S. The number of sulfonamides is 1. The molecule has 0 saturated carbocycles. The Kier molecular flexibility index (Phi) is 5.46. The molecule has 1 aromatic rings. The Labute approximate surface area is 114 Å². The smallest absolute Gasteiger partial charge is 0.242 e. The molecule has 108 valence electrons. The Hall–Kier alpha value is -0.980. The van der Waals surface area contributed by atoms with Gasteiger partial charge in [-0.1, -0.05) is 6.92 Å². The van der Waals surface area contributed by atoms with E-state index in [1.807, 2.05) is 6.92 Å². The molecule has 1 aromatic carbocycles. The van der Waals surface area contributed by atoms with Crippen molar-refractivity contribution in [3.63, 3.8) is 0 Å². The van der Waals surface area contributed by atoms with E-state index in [-0.39, 0.29) is 10.7 Å². The van der Waals surface area contributed by atoms with Gasteiger partial charge in [0.2, 0.25) is 10.0 Å². The fourth-order valence-corrected chi connectivity index (χ4v) is 3.29. The monoisotopic (exact) mass is 288 g/mol. The van der Waals surface area contributed by atoms with E-state index in [2.05, 4.69) is 5.32 Å². The third-order valence-corrected chi connectivity index (χ3v) is 4.75. The number of hydrogen-bond acceptors (Lipinski definition) is 3. The van der Waals surface area contributed by atoms with Gasteiger partial charge < -0.3 is 5.32 Å². The maximum atomic E-state index is 13.9. The molecule has 1 rings (SSSR count). The summed E-state index contributed by atoms with van der Waals surface area (Å²) in [7, 11) is -0.312. The van der Waals surface area contributed by atoms with Crippen molar-refractivity contribution in [2.45, 2.75) is 31.7 Å². The molecule has 0 unspecified atom stereocenters. The summed E-state index contributed by atoms with van der Waals surface area (Å²) in [5, 5.41) is 2.84. The van der Waals surface area contributed by atoms with E-state index in [0.29, 0.717) is 24.2 Å². The van der Waals surface area contributed by atoms with E-state index >= 15 is 0 Å². The molecule has 0 saturated heterocycles. The maximum Gasteiger partial charge on any atom is 0.242 e. The van der Waals surface area contributed by atoms with Gasteiger partial charge in [-0.25, -0.2) is 17.1 Å². The maximum absolute atomic E-state index is 13.9. The third-order valence-electron chi connectivity index (χ3n) is 2.92. The van der Waals surface area contributed by atoms with Gasteiger partial charge >= 0.3 is 0 Å². The lowest BCUT2D eigenvalue weighted by molar-refractivity contribution is 0.468. The molecule has 0 radical (unpaired) electrons. The Morgan fingerprint density at radius 3 is 2.53 bits per heavy atom. The van der Waals surface area contributed by atoms with E-state index in [0.717, 1.165) is 6.42 Å². The highest BCUT2D eigenvalue weighted by Gasteiger charge is 2.22. The molecule has 0 aromatic heterocycles. The molecule has 0 bridgehead atoms. The second kappa shape index (κ2) is 6.45. The fraction of sp³-hybridized carbons (Fsp3) is 0.538. The minimum atomic E-state index is -3.54. The molecule has 0 fully saturated rings. The zero-order valence-corrected chi connectivity index (χ0v) is 12.6. The van der Waals surface area contributed by atoms with Crippen LogP contribution in [0.4, 0.5) is 4.39 Å². The van der Waals surface area contributed by atoms with Crippen molar-refractivity contribution in [3.05, 3.63) is 29.1 Å². The van der Waals surface area contributed by atoms with Gasteiger partial charge in [0.15, 0.2) is 0 Å². The van der Waals surface area contributed by atoms with E-state index in [1.165, 1.54) is 23.5 Å². The van der Waals surface area contributed by atoms with Crippen molar-refractivity contribution in [2.24, 2.45) is 0 Å². The first-order valence-corrected chi connectivity index (χ1v) is 7.68. The lowest BCUT2D eigenvalue weighted by Crippen LogP contribution is -2.28. The van der Waals surface area contributed by atoms with Gasteiger partial charge in [-0.15, -0.1) is 0 Å². The van der Waals surface area contributed by atoms with Crippen LogP contribution in [0.5, 0.6) is 0 Å². The largest absolute Gasteiger partial charge is 0.316 e. The summed E-state index contributed by atoms with van der Waals surface area (Å²) in [6.07, 6.45) is 0.735. The van der Waals surface area contributed by atoms with Gasteiger partial charge in [0, 0.05) is 25.7 Å². The SMILES string of the molecule is CCCN(C)S(=O)(=O)c1cc(C)c(F)c(CNC)c1. The molecule has 0 aliphatic heterocycles. The van der Waals surface area contributed by atoms with Crippen LogP contribution >= 0.6 is 0 Å². The van der Waals surface area contributed by atoms with Crippen LogP contribution in [0, 0.1) is 12.7 Å².